The zero-order valence-corrected chi connectivity index (χ0v) is 11.3. The van der Waals surface area contributed by atoms with E-state index in [-0.39, 0.29) is 0 Å². The minimum atomic E-state index is -5.31. The fraction of sp³-hybridized carbons (Fsp3) is 0.167. The summed E-state index contributed by atoms with van der Waals surface area (Å²) in [4.78, 5) is -0.792. The summed E-state index contributed by atoms with van der Waals surface area (Å²) in [6.45, 7) is 0.319. The van der Waals surface area contributed by atoms with Gasteiger partial charge in [-0.1, -0.05) is 0 Å². The van der Waals surface area contributed by atoms with Crippen LogP contribution in [0, 0.1) is 0 Å². The van der Waals surface area contributed by atoms with Crippen LogP contribution in [0.25, 0.3) is 0 Å². The molecule has 0 atom stereocenters. The van der Waals surface area contributed by atoms with Crippen molar-refractivity contribution in [1.29, 1.82) is 0 Å². The number of nitrogens with zero attached hydrogens (tertiary/aromatic N) is 2. The molecular weight excluding hydrogens is 307 g/mol. The number of hydrogen-bond acceptors (Lipinski definition) is 5. The van der Waals surface area contributed by atoms with Crippen LogP contribution in [0.5, 0.6) is 0 Å². The molecule has 0 saturated carbocycles. The van der Waals surface area contributed by atoms with E-state index in [0.29, 0.717) is 17.9 Å². The van der Waals surface area contributed by atoms with Crippen molar-refractivity contribution in [3.05, 3.63) is 48.3 Å². The van der Waals surface area contributed by atoms with E-state index >= 15 is 0 Å². The van der Waals surface area contributed by atoms with Crippen molar-refractivity contribution in [2.24, 2.45) is 0 Å². The summed E-state index contributed by atoms with van der Waals surface area (Å²) in [6.07, 6.45) is 1.51. The third kappa shape index (κ3) is 3.48. The molecule has 0 amide bonds. The number of nitrogens with one attached hydrogen (secondary N) is 1. The van der Waals surface area contributed by atoms with Crippen LogP contribution < -0.4 is 5.32 Å². The monoisotopic (exact) mass is 317 g/mol. The number of rotatable bonds is 4. The van der Waals surface area contributed by atoms with Crippen molar-refractivity contribution < 1.29 is 21.6 Å². The maximum atomic E-state index is 12.4. The van der Waals surface area contributed by atoms with Crippen LogP contribution in [0.15, 0.2) is 47.5 Å². The first-order valence-corrected chi connectivity index (χ1v) is 7.21. The van der Waals surface area contributed by atoms with Gasteiger partial charge in [-0.25, -0.2) is 8.42 Å². The van der Waals surface area contributed by atoms with Gasteiger partial charge in [0.25, 0.3) is 9.84 Å². The van der Waals surface area contributed by atoms with Gasteiger partial charge in [-0.05, 0) is 36.4 Å². The number of benzene rings is 1. The molecule has 1 aromatic carbocycles. The predicted molar refractivity (Wildman–Crippen MR) is 69.0 cm³/mol. The molecule has 0 aliphatic heterocycles. The molecule has 0 unspecified atom stereocenters. The van der Waals surface area contributed by atoms with Crippen molar-refractivity contribution in [2.45, 2.75) is 16.9 Å². The normalized spacial score (nSPS) is 12.1. The topological polar surface area (TPSA) is 72.0 Å². The fourth-order valence-corrected chi connectivity index (χ4v) is 2.27. The number of anilines is 1. The Morgan fingerprint density at radius 2 is 1.76 bits per heavy atom. The number of aromatic nitrogens is 2. The Bertz CT molecular complexity index is 701. The van der Waals surface area contributed by atoms with Gasteiger partial charge in [0, 0.05) is 11.9 Å². The lowest BCUT2D eigenvalue weighted by Crippen LogP contribution is -2.23. The molecule has 0 bridgehead atoms. The average molecular weight is 317 g/mol. The number of sulfone groups is 1. The van der Waals surface area contributed by atoms with Crippen LogP contribution in [0.4, 0.5) is 18.9 Å². The maximum Gasteiger partial charge on any atom is 0.501 e. The Kier molecular flexibility index (Phi) is 4.12. The summed E-state index contributed by atoms with van der Waals surface area (Å²) in [5.74, 6) is 0. The van der Waals surface area contributed by atoms with Crippen LogP contribution in [0.3, 0.4) is 0 Å². The quantitative estimate of drug-likeness (QED) is 0.937. The molecular formula is C12H10F3N3O2S. The standard InChI is InChI=1S/C12H10F3N3O2S/c13-12(14,15)21(19,20)11-5-3-9(4-6-11)16-8-10-2-1-7-17-18-10/h1-7,16H,8H2. The van der Waals surface area contributed by atoms with E-state index < -0.39 is 20.2 Å². The highest BCUT2D eigenvalue weighted by Crippen LogP contribution is 2.30. The molecule has 1 heterocycles. The molecule has 112 valence electrons. The first kappa shape index (κ1) is 15.2. The highest BCUT2D eigenvalue weighted by atomic mass is 32.2. The first-order valence-electron chi connectivity index (χ1n) is 5.72. The molecule has 2 rings (SSSR count). The summed E-state index contributed by atoms with van der Waals surface area (Å²) in [7, 11) is -5.31. The first-order chi connectivity index (χ1) is 9.80. The van der Waals surface area contributed by atoms with Crippen molar-refractivity contribution in [3.63, 3.8) is 0 Å². The molecule has 0 aliphatic carbocycles. The second kappa shape index (κ2) is 5.68. The summed E-state index contributed by atoms with van der Waals surface area (Å²) < 4.78 is 59.5. The van der Waals surface area contributed by atoms with E-state index in [1.165, 1.54) is 18.3 Å². The molecule has 1 aromatic heterocycles. The molecule has 0 saturated heterocycles. The van der Waals surface area contributed by atoms with Crippen LogP contribution in [-0.2, 0) is 16.4 Å². The molecule has 9 heteroatoms. The maximum absolute atomic E-state index is 12.4. The van der Waals surface area contributed by atoms with Gasteiger partial charge in [-0.2, -0.15) is 23.4 Å². The summed E-state index contributed by atoms with van der Waals surface area (Å²) in [5.41, 5.74) is -4.19. The van der Waals surface area contributed by atoms with Gasteiger partial charge in [-0.15, -0.1) is 0 Å². The fourth-order valence-electron chi connectivity index (χ4n) is 1.51. The average Bonchev–Trinajstić information content (AvgIpc) is 2.45. The SMILES string of the molecule is O=S(=O)(c1ccc(NCc2cccnn2)cc1)C(F)(F)F. The Balaban J connectivity index is 2.10. The van der Waals surface area contributed by atoms with Crippen molar-refractivity contribution >= 4 is 15.5 Å². The van der Waals surface area contributed by atoms with Gasteiger partial charge in [0.15, 0.2) is 0 Å². The lowest BCUT2D eigenvalue weighted by molar-refractivity contribution is -0.0436. The van der Waals surface area contributed by atoms with Gasteiger partial charge in [0.05, 0.1) is 17.1 Å². The largest absolute Gasteiger partial charge is 0.501 e. The van der Waals surface area contributed by atoms with E-state index in [4.69, 9.17) is 0 Å². The van der Waals surface area contributed by atoms with Crippen LogP contribution >= 0.6 is 0 Å². The Labute approximate surface area is 118 Å². The second-order valence-electron chi connectivity index (χ2n) is 4.04. The molecule has 5 nitrogen and oxygen atoms in total. The predicted octanol–water partition coefficient (Wildman–Crippen LogP) is 2.38. The lowest BCUT2D eigenvalue weighted by atomic mass is 10.3. The van der Waals surface area contributed by atoms with E-state index in [2.05, 4.69) is 15.5 Å². The van der Waals surface area contributed by atoms with Crippen LogP contribution in [0.2, 0.25) is 0 Å². The summed E-state index contributed by atoms with van der Waals surface area (Å²) >= 11 is 0. The Morgan fingerprint density at radius 1 is 1.10 bits per heavy atom. The van der Waals surface area contributed by atoms with E-state index in [0.717, 1.165) is 12.1 Å². The number of alkyl halides is 3. The minimum Gasteiger partial charge on any atom is -0.379 e. The highest BCUT2D eigenvalue weighted by molar-refractivity contribution is 7.92. The van der Waals surface area contributed by atoms with Gasteiger partial charge in [0.2, 0.25) is 0 Å². The van der Waals surface area contributed by atoms with Crippen LogP contribution in [-0.4, -0.2) is 24.1 Å². The molecule has 2 aromatic rings. The zero-order chi connectivity index (χ0) is 15.5. The van der Waals surface area contributed by atoms with Crippen LogP contribution in [0.1, 0.15) is 5.69 Å². The third-order valence-corrected chi connectivity index (χ3v) is 4.07. The van der Waals surface area contributed by atoms with E-state index in [9.17, 15) is 21.6 Å². The molecule has 0 spiro atoms. The van der Waals surface area contributed by atoms with Gasteiger partial charge >= 0.3 is 5.51 Å². The number of halogens is 3. The number of hydrogen-bond donors (Lipinski definition) is 1. The van der Waals surface area contributed by atoms with E-state index in [1.807, 2.05) is 0 Å². The highest BCUT2D eigenvalue weighted by Gasteiger charge is 2.46. The van der Waals surface area contributed by atoms with Gasteiger partial charge in [-0.3, -0.25) is 0 Å². The van der Waals surface area contributed by atoms with E-state index in [1.54, 1.807) is 12.1 Å². The zero-order valence-electron chi connectivity index (χ0n) is 10.5. The molecule has 1 N–H and O–H groups in total. The summed E-state index contributed by atoms with van der Waals surface area (Å²) in [5, 5.41) is 10.4. The molecule has 0 fully saturated rings. The van der Waals surface area contributed by atoms with Gasteiger partial charge < -0.3 is 5.32 Å². The smallest absolute Gasteiger partial charge is 0.379 e. The molecule has 21 heavy (non-hydrogen) atoms. The van der Waals surface area contributed by atoms with Crippen molar-refractivity contribution in [1.82, 2.24) is 10.2 Å². The Hall–Kier alpha value is -2.16. The third-order valence-electron chi connectivity index (χ3n) is 2.57. The lowest BCUT2D eigenvalue weighted by Gasteiger charge is -2.09. The van der Waals surface area contributed by atoms with Crippen molar-refractivity contribution in [2.75, 3.05) is 5.32 Å². The van der Waals surface area contributed by atoms with Gasteiger partial charge in [0.1, 0.15) is 0 Å². The summed E-state index contributed by atoms with van der Waals surface area (Å²) in [6, 6.07) is 7.75. The molecule has 0 radical (unpaired) electrons. The minimum absolute atomic E-state index is 0.319. The second-order valence-corrected chi connectivity index (χ2v) is 5.98. The molecule has 0 aliphatic rings. The Morgan fingerprint density at radius 3 is 2.29 bits per heavy atom. The van der Waals surface area contributed by atoms with Crippen molar-refractivity contribution in [3.8, 4) is 0 Å².